The van der Waals surface area contributed by atoms with E-state index in [2.05, 4.69) is 5.32 Å². The van der Waals surface area contributed by atoms with Gasteiger partial charge in [0.2, 0.25) is 0 Å². The van der Waals surface area contributed by atoms with Gasteiger partial charge in [0.15, 0.2) is 0 Å². The Bertz CT molecular complexity index is 636. The van der Waals surface area contributed by atoms with Crippen molar-refractivity contribution in [3.63, 3.8) is 0 Å². The van der Waals surface area contributed by atoms with E-state index in [-0.39, 0.29) is 6.61 Å². The molecule has 4 heteroatoms. The number of alkyl carbamates (subject to hydrolysis) is 1. The summed E-state index contributed by atoms with van der Waals surface area (Å²) in [6.45, 7) is 6.84. The molecule has 0 aliphatic carbocycles. The summed E-state index contributed by atoms with van der Waals surface area (Å²) in [5.74, 6) is 0.856. The lowest BCUT2D eigenvalue weighted by Gasteiger charge is -2.26. The fourth-order valence-electron chi connectivity index (χ4n) is 2.46. The predicted octanol–water partition coefficient (Wildman–Crippen LogP) is 4.33. The van der Waals surface area contributed by atoms with Crippen molar-refractivity contribution in [1.29, 1.82) is 0 Å². The zero-order chi connectivity index (χ0) is 17.4. The lowest BCUT2D eigenvalue weighted by molar-refractivity contribution is 0.129. The monoisotopic (exact) mass is 327 g/mol. The van der Waals surface area contributed by atoms with E-state index < -0.39 is 11.6 Å². The number of ether oxygens (including phenoxy) is 2. The largest absolute Gasteiger partial charge is 0.494 e. The Labute approximate surface area is 143 Å². The molecule has 2 aromatic rings. The van der Waals surface area contributed by atoms with Crippen LogP contribution in [0.4, 0.5) is 4.79 Å². The molecule has 0 aliphatic heterocycles. The highest BCUT2D eigenvalue weighted by atomic mass is 16.5. The Hall–Kier alpha value is -2.49. The molecule has 0 atom stereocenters. The summed E-state index contributed by atoms with van der Waals surface area (Å²) in [6.07, 6.45) is 0.301. The maximum atomic E-state index is 12.0. The average molecular weight is 327 g/mol. The Morgan fingerprint density at radius 1 is 1.00 bits per heavy atom. The summed E-state index contributed by atoms with van der Waals surface area (Å²) in [7, 11) is 0. The minimum atomic E-state index is -0.408. The zero-order valence-electron chi connectivity index (χ0n) is 14.5. The van der Waals surface area contributed by atoms with Gasteiger partial charge in [-0.1, -0.05) is 42.5 Å². The molecular formula is C20H25NO3. The normalized spacial score (nSPS) is 11.0. The molecule has 0 aliphatic rings. The lowest BCUT2D eigenvalue weighted by Crippen LogP contribution is -2.45. The van der Waals surface area contributed by atoms with Gasteiger partial charge in [-0.2, -0.15) is 0 Å². The molecule has 1 N–H and O–H groups in total. The Kier molecular flexibility index (Phi) is 6.24. The van der Waals surface area contributed by atoms with Crippen LogP contribution in [-0.4, -0.2) is 18.2 Å². The van der Waals surface area contributed by atoms with Gasteiger partial charge < -0.3 is 14.8 Å². The van der Waals surface area contributed by atoms with Gasteiger partial charge in [0.1, 0.15) is 12.4 Å². The zero-order valence-corrected chi connectivity index (χ0v) is 14.5. The highest BCUT2D eigenvalue weighted by Crippen LogP contribution is 2.17. The molecule has 0 saturated carbocycles. The molecule has 0 bridgehead atoms. The van der Waals surface area contributed by atoms with Crippen molar-refractivity contribution in [3.8, 4) is 5.75 Å². The third kappa shape index (κ3) is 5.95. The van der Waals surface area contributed by atoms with Crippen LogP contribution in [0.3, 0.4) is 0 Å². The molecular weight excluding hydrogens is 302 g/mol. The van der Waals surface area contributed by atoms with Gasteiger partial charge in [-0.3, -0.25) is 0 Å². The Morgan fingerprint density at radius 3 is 2.29 bits per heavy atom. The van der Waals surface area contributed by atoms with Crippen LogP contribution in [0.15, 0.2) is 54.6 Å². The van der Waals surface area contributed by atoms with E-state index in [1.165, 1.54) is 0 Å². The number of amides is 1. The lowest BCUT2D eigenvalue weighted by atomic mass is 9.95. The first-order chi connectivity index (χ1) is 11.5. The molecule has 128 valence electrons. The number of hydrogen-bond acceptors (Lipinski definition) is 3. The first kappa shape index (κ1) is 17.9. The smallest absolute Gasteiger partial charge is 0.407 e. The van der Waals surface area contributed by atoms with Gasteiger partial charge in [0.25, 0.3) is 0 Å². The van der Waals surface area contributed by atoms with Crippen LogP contribution >= 0.6 is 0 Å². The second-order valence-corrected chi connectivity index (χ2v) is 6.32. The molecule has 0 fully saturated rings. The molecule has 0 unspecified atom stereocenters. The van der Waals surface area contributed by atoms with Crippen LogP contribution in [0.1, 0.15) is 31.9 Å². The Balaban J connectivity index is 1.84. The number of nitrogens with one attached hydrogen (secondary N) is 1. The summed E-state index contributed by atoms with van der Waals surface area (Å²) >= 11 is 0. The maximum absolute atomic E-state index is 12.0. The molecule has 24 heavy (non-hydrogen) atoms. The van der Waals surface area contributed by atoms with Crippen LogP contribution in [0.5, 0.6) is 5.75 Å². The maximum Gasteiger partial charge on any atom is 0.407 e. The molecule has 0 heterocycles. The van der Waals surface area contributed by atoms with E-state index in [1.54, 1.807) is 0 Å². The minimum Gasteiger partial charge on any atom is -0.494 e. The summed E-state index contributed by atoms with van der Waals surface area (Å²) in [5.41, 5.74) is 1.70. The van der Waals surface area contributed by atoms with E-state index in [1.807, 2.05) is 75.4 Å². The van der Waals surface area contributed by atoms with Crippen molar-refractivity contribution < 1.29 is 14.3 Å². The van der Waals surface area contributed by atoms with Crippen molar-refractivity contribution >= 4 is 6.09 Å². The third-order valence-corrected chi connectivity index (χ3v) is 3.53. The van der Waals surface area contributed by atoms with Crippen LogP contribution < -0.4 is 10.1 Å². The Morgan fingerprint density at radius 2 is 1.67 bits per heavy atom. The van der Waals surface area contributed by atoms with Crippen molar-refractivity contribution in [1.82, 2.24) is 5.32 Å². The van der Waals surface area contributed by atoms with Crippen LogP contribution in [0.2, 0.25) is 0 Å². The summed E-state index contributed by atoms with van der Waals surface area (Å²) in [4.78, 5) is 12.0. The van der Waals surface area contributed by atoms with Gasteiger partial charge >= 0.3 is 6.09 Å². The third-order valence-electron chi connectivity index (χ3n) is 3.53. The van der Waals surface area contributed by atoms with Crippen molar-refractivity contribution in [2.24, 2.45) is 0 Å². The van der Waals surface area contributed by atoms with Gasteiger partial charge in [0.05, 0.1) is 6.61 Å². The number of carbonyl (C=O) groups is 1. The first-order valence-electron chi connectivity index (χ1n) is 8.19. The molecule has 2 rings (SSSR count). The fourth-order valence-corrected chi connectivity index (χ4v) is 2.46. The molecule has 0 spiro atoms. The van der Waals surface area contributed by atoms with E-state index in [0.29, 0.717) is 13.0 Å². The molecule has 4 nitrogen and oxygen atoms in total. The highest BCUT2D eigenvalue weighted by molar-refractivity contribution is 5.68. The van der Waals surface area contributed by atoms with Gasteiger partial charge in [-0.15, -0.1) is 0 Å². The standard InChI is InChI=1S/C20H25NO3/c1-4-23-18-12-10-16(11-13-18)14-20(2,3)21-19(22)24-15-17-8-6-5-7-9-17/h5-13H,4,14-15H2,1-3H3,(H,21,22). The van der Waals surface area contributed by atoms with Crippen LogP contribution in [-0.2, 0) is 17.8 Å². The molecule has 0 saturated heterocycles. The van der Waals surface area contributed by atoms with Crippen LogP contribution in [0.25, 0.3) is 0 Å². The van der Waals surface area contributed by atoms with Gasteiger partial charge in [-0.25, -0.2) is 4.79 Å². The number of rotatable bonds is 7. The summed E-state index contributed by atoms with van der Waals surface area (Å²) in [5, 5.41) is 2.92. The number of benzene rings is 2. The van der Waals surface area contributed by atoms with Crippen molar-refractivity contribution in [3.05, 3.63) is 65.7 Å². The first-order valence-corrected chi connectivity index (χ1v) is 8.19. The van der Waals surface area contributed by atoms with Crippen LogP contribution in [0, 0.1) is 0 Å². The van der Waals surface area contributed by atoms with E-state index >= 15 is 0 Å². The van der Waals surface area contributed by atoms with Crippen molar-refractivity contribution in [2.45, 2.75) is 39.3 Å². The second kappa shape index (κ2) is 8.39. The fraction of sp³-hybridized carbons (Fsp3) is 0.350. The SMILES string of the molecule is CCOc1ccc(CC(C)(C)NC(=O)OCc2ccccc2)cc1. The van der Waals surface area contributed by atoms with Gasteiger partial charge in [0, 0.05) is 5.54 Å². The second-order valence-electron chi connectivity index (χ2n) is 6.32. The topological polar surface area (TPSA) is 47.6 Å². The summed E-state index contributed by atoms with van der Waals surface area (Å²) < 4.78 is 10.7. The predicted molar refractivity (Wildman–Crippen MR) is 95.2 cm³/mol. The molecule has 0 radical (unpaired) electrons. The van der Waals surface area contributed by atoms with Gasteiger partial charge in [-0.05, 0) is 50.5 Å². The number of carbonyl (C=O) groups excluding carboxylic acids is 1. The molecule has 1 amide bonds. The quantitative estimate of drug-likeness (QED) is 0.823. The molecule has 2 aromatic carbocycles. The van der Waals surface area contributed by atoms with Crippen molar-refractivity contribution in [2.75, 3.05) is 6.61 Å². The highest BCUT2D eigenvalue weighted by Gasteiger charge is 2.21. The number of hydrogen-bond donors (Lipinski definition) is 1. The average Bonchev–Trinajstić information content (AvgIpc) is 2.55. The molecule has 0 aromatic heterocycles. The van der Waals surface area contributed by atoms with E-state index in [4.69, 9.17) is 9.47 Å². The van der Waals surface area contributed by atoms with E-state index in [9.17, 15) is 4.79 Å². The van der Waals surface area contributed by atoms with E-state index in [0.717, 1.165) is 16.9 Å². The summed E-state index contributed by atoms with van der Waals surface area (Å²) in [6, 6.07) is 17.6. The minimum absolute atomic E-state index is 0.270.